The van der Waals surface area contributed by atoms with E-state index in [1.165, 1.54) is 18.6 Å². The number of amides is 1. The smallest absolute Gasteiger partial charge is 0.234 e. The molecule has 120 valence electrons. The minimum Gasteiger partial charge on any atom is -0.387 e. The zero-order chi connectivity index (χ0) is 15.7. The fourth-order valence-corrected chi connectivity index (χ4v) is 3.80. The van der Waals surface area contributed by atoms with E-state index in [0.717, 1.165) is 30.4 Å². The van der Waals surface area contributed by atoms with E-state index in [0.29, 0.717) is 19.1 Å². The van der Waals surface area contributed by atoms with Crippen LogP contribution in [0.3, 0.4) is 0 Å². The summed E-state index contributed by atoms with van der Waals surface area (Å²) in [4.78, 5) is 14.0. The van der Waals surface area contributed by atoms with E-state index in [1.807, 2.05) is 0 Å². The molecule has 0 aromatic heterocycles. The number of hydrogen-bond donors (Lipinski definition) is 2. The number of rotatable bonds is 3. The summed E-state index contributed by atoms with van der Waals surface area (Å²) in [6, 6.07) is 4.96. The van der Waals surface area contributed by atoms with E-state index < -0.39 is 6.10 Å². The van der Waals surface area contributed by atoms with Gasteiger partial charge in [0.15, 0.2) is 0 Å². The lowest BCUT2D eigenvalue weighted by atomic mass is 9.87. The van der Waals surface area contributed by atoms with Crippen LogP contribution in [-0.2, 0) is 4.79 Å². The summed E-state index contributed by atoms with van der Waals surface area (Å²) >= 11 is 0. The number of hydrogen-bond acceptors (Lipinski definition) is 3. The van der Waals surface area contributed by atoms with Crippen molar-refractivity contribution in [3.05, 3.63) is 35.1 Å². The fraction of sp³-hybridized carbons (Fsp3) is 0.588. The highest BCUT2D eigenvalue weighted by Crippen LogP contribution is 2.28. The molecule has 2 fully saturated rings. The van der Waals surface area contributed by atoms with Gasteiger partial charge in [-0.3, -0.25) is 9.69 Å². The Morgan fingerprint density at radius 1 is 1.41 bits per heavy atom. The van der Waals surface area contributed by atoms with Gasteiger partial charge in [0, 0.05) is 18.6 Å². The molecule has 1 aliphatic heterocycles. The fourth-order valence-electron chi connectivity index (χ4n) is 3.80. The Morgan fingerprint density at radius 2 is 2.18 bits per heavy atom. The van der Waals surface area contributed by atoms with Gasteiger partial charge in [0.05, 0.1) is 12.6 Å². The monoisotopic (exact) mass is 306 g/mol. The second kappa shape index (κ2) is 6.34. The van der Waals surface area contributed by atoms with Gasteiger partial charge < -0.3 is 10.4 Å². The van der Waals surface area contributed by atoms with Crippen molar-refractivity contribution in [2.75, 3.05) is 13.1 Å². The zero-order valence-corrected chi connectivity index (χ0v) is 12.9. The van der Waals surface area contributed by atoms with Crippen molar-refractivity contribution in [1.29, 1.82) is 0 Å². The molecule has 0 bridgehead atoms. The van der Waals surface area contributed by atoms with Crippen LogP contribution in [0.25, 0.3) is 0 Å². The predicted molar refractivity (Wildman–Crippen MR) is 81.9 cm³/mol. The quantitative estimate of drug-likeness (QED) is 0.897. The van der Waals surface area contributed by atoms with Gasteiger partial charge in [0.2, 0.25) is 5.91 Å². The molecule has 4 nitrogen and oxygen atoms in total. The number of fused-ring (bicyclic) bond motifs is 1. The number of aliphatic hydroxyl groups excluding tert-OH is 1. The van der Waals surface area contributed by atoms with Crippen molar-refractivity contribution in [2.45, 2.75) is 50.8 Å². The topological polar surface area (TPSA) is 52.6 Å². The van der Waals surface area contributed by atoms with Gasteiger partial charge in [0.25, 0.3) is 0 Å². The lowest BCUT2D eigenvalue weighted by Crippen LogP contribution is -2.62. The molecular weight excluding hydrogens is 283 g/mol. The molecule has 1 saturated heterocycles. The third kappa shape index (κ3) is 3.15. The lowest BCUT2D eigenvalue weighted by Gasteiger charge is -2.44. The number of piperazine rings is 1. The maximum Gasteiger partial charge on any atom is 0.234 e. The number of nitrogens with one attached hydrogen (secondary N) is 1. The molecule has 3 unspecified atom stereocenters. The number of carbonyl (C=O) groups excluding carboxylic acids is 1. The van der Waals surface area contributed by atoms with Crippen molar-refractivity contribution in [3.8, 4) is 0 Å². The van der Waals surface area contributed by atoms with Gasteiger partial charge >= 0.3 is 0 Å². The van der Waals surface area contributed by atoms with Crippen LogP contribution in [0.15, 0.2) is 18.2 Å². The van der Waals surface area contributed by atoms with Crippen LogP contribution in [0.1, 0.15) is 42.9 Å². The minimum atomic E-state index is -0.700. The summed E-state index contributed by atoms with van der Waals surface area (Å²) in [6.45, 7) is 2.55. The Kier molecular flexibility index (Phi) is 4.45. The molecule has 1 aliphatic carbocycles. The largest absolute Gasteiger partial charge is 0.387 e. The lowest BCUT2D eigenvalue weighted by molar-refractivity contribution is -0.129. The first kappa shape index (κ1) is 15.4. The molecule has 3 rings (SSSR count). The Labute approximate surface area is 130 Å². The second-order valence-electron chi connectivity index (χ2n) is 6.47. The van der Waals surface area contributed by atoms with Crippen molar-refractivity contribution in [1.82, 2.24) is 10.2 Å². The first-order valence-electron chi connectivity index (χ1n) is 8.02. The van der Waals surface area contributed by atoms with Crippen LogP contribution in [-0.4, -0.2) is 41.1 Å². The average Bonchev–Trinajstić information content (AvgIpc) is 2.46. The average molecular weight is 306 g/mol. The summed E-state index contributed by atoms with van der Waals surface area (Å²) in [5, 5.41) is 13.6. The second-order valence-corrected chi connectivity index (χ2v) is 6.47. The number of benzene rings is 1. The van der Waals surface area contributed by atoms with Crippen LogP contribution in [0.2, 0.25) is 0 Å². The van der Waals surface area contributed by atoms with Crippen LogP contribution in [0.4, 0.5) is 4.39 Å². The molecule has 1 heterocycles. The number of halogens is 1. The molecular formula is C17H23FN2O2. The van der Waals surface area contributed by atoms with E-state index >= 15 is 0 Å². The number of carbonyl (C=O) groups is 1. The first-order chi connectivity index (χ1) is 10.5. The van der Waals surface area contributed by atoms with Crippen LogP contribution < -0.4 is 5.32 Å². The van der Waals surface area contributed by atoms with E-state index in [1.54, 1.807) is 13.0 Å². The van der Waals surface area contributed by atoms with Gasteiger partial charge in [-0.1, -0.05) is 18.9 Å². The molecule has 5 heteroatoms. The Hall–Kier alpha value is -1.46. The molecule has 3 atom stereocenters. The highest BCUT2D eigenvalue weighted by molar-refractivity contribution is 5.79. The van der Waals surface area contributed by atoms with Crippen molar-refractivity contribution in [2.24, 2.45) is 0 Å². The van der Waals surface area contributed by atoms with E-state index in [2.05, 4.69) is 10.2 Å². The van der Waals surface area contributed by atoms with Gasteiger partial charge in [-0.15, -0.1) is 0 Å². The Morgan fingerprint density at radius 3 is 2.95 bits per heavy atom. The summed E-state index contributed by atoms with van der Waals surface area (Å²) in [6.07, 6.45) is 3.68. The molecule has 1 amide bonds. The molecule has 22 heavy (non-hydrogen) atoms. The molecule has 0 radical (unpaired) electrons. The van der Waals surface area contributed by atoms with Gasteiger partial charge in [-0.2, -0.15) is 0 Å². The molecule has 0 spiro atoms. The standard InChI is InChI=1S/C17H23FN2O2/c1-11-8-12(18)6-7-13(11)16(21)9-20-10-17(22)19-14-4-2-3-5-15(14)20/h6-8,14-16,21H,2-5,9-10H2,1H3,(H,19,22). The maximum absolute atomic E-state index is 13.2. The highest BCUT2D eigenvalue weighted by Gasteiger charge is 2.37. The van der Waals surface area contributed by atoms with Crippen molar-refractivity contribution < 1.29 is 14.3 Å². The molecule has 2 aliphatic rings. The summed E-state index contributed by atoms with van der Waals surface area (Å²) in [7, 11) is 0. The normalized spacial score (nSPS) is 27.1. The number of nitrogens with zero attached hydrogens (tertiary/aromatic N) is 1. The van der Waals surface area contributed by atoms with E-state index in [9.17, 15) is 14.3 Å². The third-order valence-electron chi connectivity index (χ3n) is 4.89. The van der Waals surface area contributed by atoms with Crippen LogP contribution in [0, 0.1) is 12.7 Å². The summed E-state index contributed by atoms with van der Waals surface area (Å²) in [5.41, 5.74) is 1.48. The molecule has 1 aromatic carbocycles. The van der Waals surface area contributed by atoms with Gasteiger partial charge in [-0.05, 0) is 43.0 Å². The highest BCUT2D eigenvalue weighted by atomic mass is 19.1. The van der Waals surface area contributed by atoms with Gasteiger partial charge in [0.1, 0.15) is 5.82 Å². The minimum absolute atomic E-state index is 0.0335. The number of aryl methyl sites for hydroxylation is 1. The van der Waals surface area contributed by atoms with E-state index in [-0.39, 0.29) is 17.8 Å². The van der Waals surface area contributed by atoms with E-state index in [4.69, 9.17) is 0 Å². The molecule has 1 saturated carbocycles. The first-order valence-corrected chi connectivity index (χ1v) is 8.02. The maximum atomic E-state index is 13.2. The Balaban J connectivity index is 1.74. The van der Waals surface area contributed by atoms with Gasteiger partial charge in [-0.25, -0.2) is 4.39 Å². The molecule has 2 N–H and O–H groups in total. The van der Waals surface area contributed by atoms with Crippen LogP contribution in [0.5, 0.6) is 0 Å². The van der Waals surface area contributed by atoms with Crippen LogP contribution >= 0.6 is 0 Å². The molecule has 1 aromatic rings. The Bertz CT molecular complexity index is 564. The number of β-amino-alcohol motifs (C(OH)–C–C–N with tert-alkyl or cyclic N) is 1. The zero-order valence-electron chi connectivity index (χ0n) is 12.9. The third-order valence-corrected chi connectivity index (χ3v) is 4.89. The summed E-state index contributed by atoms with van der Waals surface area (Å²) < 4.78 is 13.2. The van der Waals surface area contributed by atoms with Crippen molar-refractivity contribution >= 4 is 5.91 Å². The SMILES string of the molecule is Cc1cc(F)ccc1C(O)CN1CC(=O)NC2CCCCC21. The van der Waals surface area contributed by atoms with Crippen molar-refractivity contribution in [3.63, 3.8) is 0 Å². The predicted octanol–water partition coefficient (Wildman–Crippen LogP) is 1.91. The summed E-state index contributed by atoms with van der Waals surface area (Å²) in [5.74, 6) is -0.260. The number of aliphatic hydroxyl groups is 1.